The molecule has 0 saturated carbocycles. The number of rotatable bonds is 3. The van der Waals surface area contributed by atoms with Crippen molar-refractivity contribution >= 4 is 11.6 Å². The number of nitrogens with two attached hydrogens (primary N) is 1. The van der Waals surface area contributed by atoms with E-state index in [1.54, 1.807) is 0 Å². The summed E-state index contributed by atoms with van der Waals surface area (Å²) in [6.07, 6.45) is 3.25. The summed E-state index contributed by atoms with van der Waals surface area (Å²) in [6, 6.07) is 0. The van der Waals surface area contributed by atoms with Gasteiger partial charge in [-0.1, -0.05) is 0 Å². The summed E-state index contributed by atoms with van der Waals surface area (Å²) >= 11 is 0. The first-order valence-corrected chi connectivity index (χ1v) is 4.05. The molecule has 0 aromatic carbocycles. The quantitative estimate of drug-likeness (QED) is 0.611. The van der Waals surface area contributed by atoms with Crippen LogP contribution >= 0.6 is 0 Å². The Labute approximate surface area is 75.7 Å². The summed E-state index contributed by atoms with van der Waals surface area (Å²) < 4.78 is 0. The Morgan fingerprint density at radius 1 is 1.31 bits per heavy atom. The second-order valence-corrected chi connectivity index (χ2v) is 2.82. The average Bonchev–Trinajstić information content (AvgIpc) is 2.09. The molecule has 0 heterocycles. The van der Waals surface area contributed by atoms with Crippen LogP contribution in [-0.4, -0.2) is 23.2 Å². The molecular weight excluding hydrogens is 170 g/mol. The van der Waals surface area contributed by atoms with Gasteiger partial charge in [0.1, 0.15) is 0 Å². The van der Waals surface area contributed by atoms with E-state index in [0.717, 1.165) is 6.08 Å². The third-order valence-corrected chi connectivity index (χ3v) is 1.77. The summed E-state index contributed by atoms with van der Waals surface area (Å²) in [5, 5.41) is 9.04. The highest BCUT2D eigenvalue weighted by Crippen LogP contribution is 2.15. The van der Waals surface area contributed by atoms with Crippen molar-refractivity contribution < 1.29 is 14.7 Å². The van der Waals surface area contributed by atoms with Crippen LogP contribution in [0.4, 0.5) is 0 Å². The van der Waals surface area contributed by atoms with E-state index in [0.29, 0.717) is 25.0 Å². The summed E-state index contributed by atoms with van der Waals surface area (Å²) in [5.41, 5.74) is 5.60. The van der Waals surface area contributed by atoms with Crippen molar-refractivity contribution in [1.29, 1.82) is 0 Å². The molecule has 70 valence electrons. The Morgan fingerprint density at radius 2 is 2.00 bits per heavy atom. The molecule has 1 aliphatic rings. The Bertz CT molecular complexity index is 302. The lowest BCUT2D eigenvalue weighted by molar-refractivity contribution is -0.117. The number of ketones is 2. The maximum atomic E-state index is 11.2. The van der Waals surface area contributed by atoms with Crippen LogP contribution in [0.1, 0.15) is 12.8 Å². The first-order valence-electron chi connectivity index (χ1n) is 4.05. The van der Waals surface area contributed by atoms with Crippen molar-refractivity contribution in [1.82, 2.24) is 0 Å². The van der Waals surface area contributed by atoms with Crippen LogP contribution < -0.4 is 5.73 Å². The fourth-order valence-electron chi connectivity index (χ4n) is 1.12. The van der Waals surface area contributed by atoms with Crippen LogP contribution in [-0.2, 0) is 9.59 Å². The van der Waals surface area contributed by atoms with Crippen LogP contribution in [0.2, 0.25) is 0 Å². The topological polar surface area (TPSA) is 80.4 Å². The Morgan fingerprint density at radius 3 is 2.62 bits per heavy atom. The third-order valence-electron chi connectivity index (χ3n) is 1.77. The lowest BCUT2D eigenvalue weighted by Gasteiger charge is -2.08. The maximum absolute atomic E-state index is 11.2. The lowest BCUT2D eigenvalue weighted by Crippen LogP contribution is -2.14. The zero-order valence-electron chi connectivity index (χ0n) is 7.12. The number of aliphatic hydroxyl groups is 1. The zero-order chi connectivity index (χ0) is 9.84. The van der Waals surface area contributed by atoms with Crippen molar-refractivity contribution in [2.45, 2.75) is 12.8 Å². The van der Waals surface area contributed by atoms with Gasteiger partial charge in [0.15, 0.2) is 11.5 Å². The molecule has 0 fully saturated rings. The van der Waals surface area contributed by atoms with Gasteiger partial charge in [0, 0.05) is 11.6 Å². The Kier molecular flexibility index (Phi) is 2.97. The standard InChI is InChI=1S/C9H11NO3/c10-3-1-2-6-4-7(11)5-8(12)9(6)13/h4-5,12H,1-3,10H2. The minimum Gasteiger partial charge on any atom is -0.504 e. The first kappa shape index (κ1) is 9.67. The van der Waals surface area contributed by atoms with Crippen molar-refractivity contribution in [3.05, 3.63) is 23.5 Å². The highest BCUT2D eigenvalue weighted by atomic mass is 16.3. The smallest absolute Gasteiger partial charge is 0.223 e. The van der Waals surface area contributed by atoms with Gasteiger partial charge >= 0.3 is 0 Å². The van der Waals surface area contributed by atoms with Gasteiger partial charge < -0.3 is 10.8 Å². The monoisotopic (exact) mass is 181 g/mol. The van der Waals surface area contributed by atoms with E-state index in [4.69, 9.17) is 10.8 Å². The Hall–Kier alpha value is -1.42. The Balaban J connectivity index is 2.74. The van der Waals surface area contributed by atoms with E-state index in [9.17, 15) is 9.59 Å². The SMILES string of the molecule is NCCCC1=CC(=O)C=C(O)C1=O. The largest absolute Gasteiger partial charge is 0.504 e. The molecule has 4 heteroatoms. The zero-order valence-corrected chi connectivity index (χ0v) is 7.12. The number of carbonyl (C=O) groups is 2. The molecule has 0 amide bonds. The fourth-order valence-corrected chi connectivity index (χ4v) is 1.12. The van der Waals surface area contributed by atoms with Crippen molar-refractivity contribution in [2.75, 3.05) is 6.54 Å². The number of hydrogen-bond acceptors (Lipinski definition) is 4. The van der Waals surface area contributed by atoms with E-state index >= 15 is 0 Å². The number of allylic oxidation sites excluding steroid dienone is 3. The number of hydrogen-bond donors (Lipinski definition) is 2. The molecule has 0 spiro atoms. The van der Waals surface area contributed by atoms with Gasteiger partial charge in [-0.2, -0.15) is 0 Å². The molecule has 1 rings (SSSR count). The molecule has 0 aromatic heterocycles. The molecular formula is C9H11NO3. The lowest BCUT2D eigenvalue weighted by atomic mass is 9.98. The minimum absolute atomic E-state index is 0.343. The molecule has 4 nitrogen and oxygen atoms in total. The first-order chi connectivity index (χ1) is 6.15. The molecule has 0 saturated heterocycles. The molecule has 0 radical (unpaired) electrons. The normalized spacial score (nSPS) is 17.0. The summed E-state index contributed by atoms with van der Waals surface area (Å²) in [4.78, 5) is 22.1. The minimum atomic E-state index is -0.473. The van der Waals surface area contributed by atoms with Gasteiger partial charge in [-0.05, 0) is 25.5 Å². The van der Waals surface area contributed by atoms with Gasteiger partial charge in [-0.3, -0.25) is 9.59 Å². The molecule has 0 atom stereocenters. The van der Waals surface area contributed by atoms with Gasteiger partial charge in [-0.15, -0.1) is 0 Å². The van der Waals surface area contributed by atoms with Gasteiger partial charge in [0.2, 0.25) is 5.78 Å². The average molecular weight is 181 g/mol. The van der Waals surface area contributed by atoms with E-state index in [2.05, 4.69) is 0 Å². The summed E-state index contributed by atoms with van der Waals surface area (Å²) in [6.45, 7) is 0.462. The van der Waals surface area contributed by atoms with Crippen molar-refractivity contribution in [3.8, 4) is 0 Å². The number of aliphatic hydroxyl groups excluding tert-OH is 1. The third kappa shape index (κ3) is 2.26. The summed E-state index contributed by atoms with van der Waals surface area (Å²) in [5.74, 6) is -1.28. The highest BCUT2D eigenvalue weighted by molar-refractivity contribution is 6.19. The predicted molar refractivity (Wildman–Crippen MR) is 47.1 cm³/mol. The van der Waals surface area contributed by atoms with Crippen LogP contribution in [0.3, 0.4) is 0 Å². The van der Waals surface area contributed by atoms with Gasteiger partial charge in [0.05, 0.1) is 0 Å². The molecule has 0 unspecified atom stereocenters. The molecule has 13 heavy (non-hydrogen) atoms. The molecule has 3 N–H and O–H groups in total. The molecule has 0 bridgehead atoms. The van der Waals surface area contributed by atoms with E-state index < -0.39 is 11.5 Å². The van der Waals surface area contributed by atoms with Crippen LogP contribution in [0, 0.1) is 0 Å². The van der Waals surface area contributed by atoms with Crippen LogP contribution in [0.25, 0.3) is 0 Å². The maximum Gasteiger partial charge on any atom is 0.223 e. The predicted octanol–water partition coefficient (Wildman–Crippen LogP) is 0.245. The van der Waals surface area contributed by atoms with Crippen LogP contribution in [0.15, 0.2) is 23.5 Å². The van der Waals surface area contributed by atoms with Gasteiger partial charge in [0.25, 0.3) is 0 Å². The van der Waals surface area contributed by atoms with E-state index in [1.807, 2.05) is 0 Å². The second kappa shape index (κ2) is 4.00. The van der Waals surface area contributed by atoms with Crippen molar-refractivity contribution in [3.63, 3.8) is 0 Å². The number of Topliss-reactive ketones (excluding diaryl/α,β-unsaturated/α-hetero) is 1. The van der Waals surface area contributed by atoms with Gasteiger partial charge in [-0.25, -0.2) is 0 Å². The second-order valence-electron chi connectivity index (χ2n) is 2.82. The van der Waals surface area contributed by atoms with Crippen molar-refractivity contribution in [2.24, 2.45) is 5.73 Å². The molecule has 1 aliphatic carbocycles. The van der Waals surface area contributed by atoms with E-state index in [-0.39, 0.29) is 5.78 Å². The fraction of sp³-hybridized carbons (Fsp3) is 0.333. The summed E-state index contributed by atoms with van der Waals surface area (Å²) in [7, 11) is 0. The molecule has 0 aromatic rings. The highest BCUT2D eigenvalue weighted by Gasteiger charge is 2.19. The van der Waals surface area contributed by atoms with E-state index in [1.165, 1.54) is 6.08 Å². The number of carbonyl (C=O) groups excluding carboxylic acids is 2. The molecule has 0 aliphatic heterocycles. The van der Waals surface area contributed by atoms with Crippen LogP contribution in [0.5, 0.6) is 0 Å².